The third kappa shape index (κ3) is 4.70. The van der Waals surface area contributed by atoms with Gasteiger partial charge in [0.2, 0.25) is 5.91 Å². The number of hydrogen-bond acceptors (Lipinski definition) is 7. The average Bonchev–Trinajstić information content (AvgIpc) is 3.52. The van der Waals surface area contributed by atoms with Gasteiger partial charge in [0.05, 0.1) is 40.5 Å². The van der Waals surface area contributed by atoms with Crippen LogP contribution in [0.3, 0.4) is 0 Å². The minimum atomic E-state index is -0.0275. The van der Waals surface area contributed by atoms with Crippen LogP contribution in [0, 0.1) is 5.92 Å². The number of nitrogens with zero attached hydrogens (tertiary/aromatic N) is 6. The van der Waals surface area contributed by atoms with Gasteiger partial charge in [0.1, 0.15) is 11.2 Å². The van der Waals surface area contributed by atoms with Gasteiger partial charge in [0, 0.05) is 49.7 Å². The fraction of sp³-hybridized carbons (Fsp3) is 0.321. The zero-order chi connectivity index (χ0) is 26.2. The van der Waals surface area contributed by atoms with Gasteiger partial charge in [-0.2, -0.15) is 5.10 Å². The number of rotatable bonds is 6. The number of aromatic amines is 2. The van der Waals surface area contributed by atoms with E-state index in [9.17, 15) is 4.79 Å². The van der Waals surface area contributed by atoms with E-state index in [0.717, 1.165) is 70.8 Å². The summed E-state index contributed by atoms with van der Waals surface area (Å²) in [5.74, 6) is 0.962. The van der Waals surface area contributed by atoms with E-state index in [1.165, 1.54) is 0 Å². The van der Waals surface area contributed by atoms with E-state index < -0.39 is 0 Å². The molecule has 10 heteroatoms. The molecule has 1 saturated heterocycles. The van der Waals surface area contributed by atoms with Gasteiger partial charge in [-0.1, -0.05) is 19.9 Å². The van der Waals surface area contributed by atoms with Crippen molar-refractivity contribution in [1.82, 2.24) is 35.0 Å². The van der Waals surface area contributed by atoms with Crippen LogP contribution >= 0.6 is 0 Å². The van der Waals surface area contributed by atoms with Crippen LogP contribution in [0.2, 0.25) is 0 Å². The third-order valence-corrected chi connectivity index (χ3v) is 6.92. The number of fused-ring (bicyclic) bond motifs is 2. The molecule has 0 aliphatic carbocycles. The highest BCUT2D eigenvalue weighted by Gasteiger charge is 2.20. The number of imidazole rings is 1. The second-order valence-electron chi connectivity index (χ2n) is 10.3. The number of piperazine rings is 1. The second kappa shape index (κ2) is 9.86. The number of amides is 1. The van der Waals surface area contributed by atoms with Crippen molar-refractivity contribution >= 4 is 39.2 Å². The maximum Gasteiger partial charge on any atom is 0.224 e. The van der Waals surface area contributed by atoms with Gasteiger partial charge >= 0.3 is 0 Å². The van der Waals surface area contributed by atoms with Crippen molar-refractivity contribution in [3.63, 3.8) is 0 Å². The molecule has 5 heterocycles. The lowest BCUT2D eigenvalue weighted by Gasteiger charge is -2.34. The summed E-state index contributed by atoms with van der Waals surface area (Å²) in [5.41, 5.74) is 6.82. The Balaban J connectivity index is 1.34. The highest BCUT2D eigenvalue weighted by atomic mass is 16.1. The molecule has 0 unspecified atom stereocenters. The van der Waals surface area contributed by atoms with Crippen LogP contribution in [0.5, 0.6) is 0 Å². The number of carbonyl (C=O) groups is 1. The molecule has 5 aromatic rings. The van der Waals surface area contributed by atoms with Crippen molar-refractivity contribution in [1.29, 1.82) is 0 Å². The number of pyridine rings is 2. The Kier molecular flexibility index (Phi) is 6.24. The molecule has 6 rings (SSSR count). The number of aromatic nitrogens is 6. The molecule has 38 heavy (non-hydrogen) atoms. The van der Waals surface area contributed by atoms with Gasteiger partial charge in [-0.25, -0.2) is 4.98 Å². The van der Waals surface area contributed by atoms with Crippen LogP contribution < -0.4 is 10.2 Å². The molecule has 1 fully saturated rings. The van der Waals surface area contributed by atoms with Crippen LogP contribution in [0.1, 0.15) is 20.3 Å². The number of benzene rings is 1. The van der Waals surface area contributed by atoms with E-state index >= 15 is 0 Å². The van der Waals surface area contributed by atoms with Crippen LogP contribution in [-0.2, 0) is 4.79 Å². The summed E-state index contributed by atoms with van der Waals surface area (Å²) < 4.78 is 0. The SMILES string of the molecule is CC(C)CC(=O)Nc1cncc(-c2cc3c(-c4nc5c(N6CCN(C)CC6)cccc5[nH]4)n[nH]c3cn2)c1. The molecule has 0 saturated carbocycles. The van der Waals surface area contributed by atoms with Crippen molar-refractivity contribution in [2.24, 2.45) is 5.92 Å². The van der Waals surface area contributed by atoms with Gasteiger partial charge in [0.25, 0.3) is 0 Å². The van der Waals surface area contributed by atoms with Crippen molar-refractivity contribution in [2.75, 3.05) is 43.4 Å². The number of likely N-dealkylation sites (N-methyl/N-ethyl adjacent to an activating group) is 1. The van der Waals surface area contributed by atoms with Crippen molar-refractivity contribution < 1.29 is 4.79 Å². The molecule has 3 N–H and O–H groups in total. The number of anilines is 2. The molecule has 10 nitrogen and oxygen atoms in total. The molecule has 1 aliphatic rings. The van der Waals surface area contributed by atoms with E-state index in [2.05, 4.69) is 65.5 Å². The topological polar surface area (TPSA) is 119 Å². The molecule has 1 amide bonds. The zero-order valence-electron chi connectivity index (χ0n) is 21.8. The lowest BCUT2D eigenvalue weighted by molar-refractivity contribution is -0.116. The van der Waals surface area contributed by atoms with Gasteiger partial charge in [-0.05, 0) is 37.2 Å². The zero-order valence-corrected chi connectivity index (χ0v) is 21.8. The van der Waals surface area contributed by atoms with Crippen molar-refractivity contribution in [2.45, 2.75) is 20.3 Å². The Morgan fingerprint density at radius 3 is 2.74 bits per heavy atom. The molecule has 0 spiro atoms. The van der Waals surface area contributed by atoms with Gasteiger partial charge in [-0.15, -0.1) is 0 Å². The molecule has 1 aliphatic heterocycles. The van der Waals surface area contributed by atoms with Gasteiger partial charge in [0.15, 0.2) is 5.82 Å². The first-order valence-electron chi connectivity index (χ1n) is 13.0. The minimum absolute atomic E-state index is 0.0275. The summed E-state index contributed by atoms with van der Waals surface area (Å²) in [6.45, 7) is 8.05. The van der Waals surface area contributed by atoms with E-state index in [1.54, 1.807) is 18.6 Å². The van der Waals surface area contributed by atoms with E-state index in [0.29, 0.717) is 17.9 Å². The summed E-state index contributed by atoms with van der Waals surface area (Å²) >= 11 is 0. The van der Waals surface area contributed by atoms with Crippen molar-refractivity contribution in [3.8, 4) is 22.8 Å². The minimum Gasteiger partial charge on any atom is -0.367 e. The Bertz CT molecular complexity index is 1610. The summed E-state index contributed by atoms with van der Waals surface area (Å²) in [4.78, 5) is 34.4. The smallest absolute Gasteiger partial charge is 0.224 e. The van der Waals surface area contributed by atoms with Crippen LogP contribution in [0.15, 0.2) is 48.9 Å². The van der Waals surface area contributed by atoms with E-state index in [1.807, 2.05) is 26.0 Å². The molecule has 194 valence electrons. The molecule has 0 radical (unpaired) electrons. The lowest BCUT2D eigenvalue weighted by atomic mass is 10.1. The largest absolute Gasteiger partial charge is 0.367 e. The number of H-pyrrole nitrogens is 2. The van der Waals surface area contributed by atoms with E-state index in [4.69, 9.17) is 4.98 Å². The molecular formula is C28H31N9O. The highest BCUT2D eigenvalue weighted by Crippen LogP contribution is 2.32. The van der Waals surface area contributed by atoms with Crippen LogP contribution in [0.4, 0.5) is 11.4 Å². The number of para-hydroxylation sites is 1. The number of hydrogen-bond donors (Lipinski definition) is 3. The second-order valence-corrected chi connectivity index (χ2v) is 10.3. The predicted molar refractivity (Wildman–Crippen MR) is 150 cm³/mol. The first kappa shape index (κ1) is 24.1. The third-order valence-electron chi connectivity index (χ3n) is 6.92. The summed E-state index contributed by atoms with van der Waals surface area (Å²) in [7, 11) is 2.16. The highest BCUT2D eigenvalue weighted by molar-refractivity contribution is 5.97. The summed E-state index contributed by atoms with van der Waals surface area (Å²) in [6, 6.07) is 10.1. The maximum atomic E-state index is 12.2. The fourth-order valence-electron chi connectivity index (χ4n) is 4.92. The van der Waals surface area contributed by atoms with E-state index in [-0.39, 0.29) is 11.8 Å². The molecule has 0 bridgehead atoms. The van der Waals surface area contributed by atoms with Gasteiger partial charge < -0.3 is 20.1 Å². The molecular weight excluding hydrogens is 478 g/mol. The number of carbonyl (C=O) groups excluding carboxylic acids is 1. The number of nitrogens with one attached hydrogen (secondary N) is 3. The lowest BCUT2D eigenvalue weighted by Crippen LogP contribution is -2.44. The first-order chi connectivity index (χ1) is 18.4. The molecule has 4 aromatic heterocycles. The summed E-state index contributed by atoms with van der Waals surface area (Å²) in [6.07, 6.45) is 5.62. The fourth-order valence-corrected chi connectivity index (χ4v) is 4.92. The normalized spacial score (nSPS) is 14.6. The maximum absolute atomic E-state index is 12.2. The van der Waals surface area contributed by atoms with Gasteiger partial charge in [-0.3, -0.25) is 19.9 Å². The average molecular weight is 510 g/mol. The molecule has 1 aromatic carbocycles. The van der Waals surface area contributed by atoms with Crippen molar-refractivity contribution in [3.05, 3.63) is 48.9 Å². The molecule has 0 atom stereocenters. The Labute approximate surface area is 220 Å². The predicted octanol–water partition coefficient (Wildman–Crippen LogP) is 4.30. The Morgan fingerprint density at radius 2 is 1.92 bits per heavy atom. The standard InChI is InChI=1S/C28H31N9O/c1-17(2)11-25(38)31-19-12-18(14-29-15-19)22-13-20-23(16-30-22)34-35-26(20)28-32-21-5-4-6-24(27(21)33-28)37-9-7-36(3)8-10-37/h4-6,12-17H,7-11H2,1-3H3,(H,31,38)(H,32,33)(H,34,35). The Morgan fingerprint density at radius 1 is 1.08 bits per heavy atom. The van der Waals surface area contributed by atoms with Crippen LogP contribution in [-0.4, -0.2) is 74.2 Å². The summed E-state index contributed by atoms with van der Waals surface area (Å²) in [5, 5.41) is 11.5. The monoisotopic (exact) mass is 509 g/mol. The Hall–Kier alpha value is -4.31. The first-order valence-corrected chi connectivity index (χ1v) is 13.0. The van der Waals surface area contributed by atoms with Crippen LogP contribution in [0.25, 0.3) is 44.7 Å². The quantitative estimate of drug-likeness (QED) is 0.312.